The van der Waals surface area contributed by atoms with E-state index in [1.54, 1.807) is 6.92 Å². The number of rotatable bonds is 14. The van der Waals surface area contributed by atoms with Crippen molar-refractivity contribution in [3.05, 3.63) is 0 Å². The quantitative estimate of drug-likeness (QED) is 0.264. The predicted molar refractivity (Wildman–Crippen MR) is 102 cm³/mol. The van der Waals surface area contributed by atoms with Crippen molar-refractivity contribution in [3.8, 4) is 0 Å². The summed E-state index contributed by atoms with van der Waals surface area (Å²) in [6.45, 7) is 8.30. The fourth-order valence-electron chi connectivity index (χ4n) is 3.65. The van der Waals surface area contributed by atoms with E-state index in [0.29, 0.717) is 0 Å². The Balaban J connectivity index is 5.49. The molecule has 0 atom stereocenters. The third-order valence-corrected chi connectivity index (χ3v) is 11.5. The molecular weight excluding hydrogens is 291 g/mol. The Labute approximate surface area is 139 Å². The molecule has 0 saturated carbocycles. The van der Waals surface area contributed by atoms with Crippen LogP contribution >= 0.6 is 6.83 Å². The van der Waals surface area contributed by atoms with E-state index in [2.05, 4.69) is 27.7 Å². The average molecular weight is 333 g/mol. The molecule has 0 aromatic rings. The minimum atomic E-state index is -2.35. The number of hydrogen-bond acceptors (Lipinski definition) is 2. The zero-order valence-corrected chi connectivity index (χ0v) is 16.9. The first-order chi connectivity index (χ1) is 10.5. The molecule has 0 saturated heterocycles. The molecule has 0 spiro atoms. The molecule has 0 heterocycles. The standard InChI is InChI=1S/C19H41O2P/c1-6-10-14-18-22(15-11-7-2,16-12-8-3,17-13-9-4)21-19(5)20/h6-18H2,1-5H3. The maximum absolute atomic E-state index is 12.0. The van der Waals surface area contributed by atoms with E-state index in [0.717, 1.165) is 0 Å². The molecule has 2 nitrogen and oxygen atoms in total. The molecule has 0 aliphatic carbocycles. The summed E-state index contributed by atoms with van der Waals surface area (Å²) in [6.07, 6.45) is 15.7. The molecule has 0 bridgehead atoms. The van der Waals surface area contributed by atoms with Crippen molar-refractivity contribution in [1.82, 2.24) is 0 Å². The van der Waals surface area contributed by atoms with E-state index < -0.39 is 6.83 Å². The number of hydrogen-bond donors (Lipinski definition) is 0. The zero-order chi connectivity index (χ0) is 16.9. The van der Waals surface area contributed by atoms with Gasteiger partial charge in [-0.2, -0.15) is 0 Å². The van der Waals surface area contributed by atoms with Gasteiger partial charge in [0.25, 0.3) is 0 Å². The van der Waals surface area contributed by atoms with Gasteiger partial charge in [0.15, 0.2) is 0 Å². The third-order valence-electron chi connectivity index (χ3n) is 4.95. The summed E-state index contributed by atoms with van der Waals surface area (Å²) in [5.41, 5.74) is 0. The topological polar surface area (TPSA) is 26.3 Å². The minimum absolute atomic E-state index is 0.0301. The van der Waals surface area contributed by atoms with Gasteiger partial charge in [-0.15, -0.1) is 0 Å². The summed E-state index contributed by atoms with van der Waals surface area (Å²) in [5.74, 6) is -0.0301. The van der Waals surface area contributed by atoms with E-state index in [-0.39, 0.29) is 5.97 Å². The van der Waals surface area contributed by atoms with Crippen molar-refractivity contribution >= 4 is 12.8 Å². The molecule has 0 unspecified atom stereocenters. The van der Waals surface area contributed by atoms with Crippen LogP contribution in [0.1, 0.15) is 92.4 Å². The van der Waals surface area contributed by atoms with Crippen LogP contribution in [0.4, 0.5) is 0 Å². The molecule has 3 heteroatoms. The van der Waals surface area contributed by atoms with Gasteiger partial charge in [-0.1, -0.05) is 0 Å². The molecule has 0 aromatic heterocycles. The Morgan fingerprint density at radius 1 is 0.682 bits per heavy atom. The summed E-state index contributed by atoms with van der Waals surface area (Å²) in [7, 11) is 0. The molecular formula is C19H41O2P. The Kier molecular flexibility index (Phi) is 11.4. The predicted octanol–water partition coefficient (Wildman–Crippen LogP) is 6.61. The van der Waals surface area contributed by atoms with Gasteiger partial charge < -0.3 is 0 Å². The van der Waals surface area contributed by atoms with Crippen LogP contribution in [0.15, 0.2) is 0 Å². The SMILES string of the molecule is CCCCCP(CCCC)(CCCC)(CCCC)OC(C)=O. The second kappa shape index (κ2) is 11.4. The van der Waals surface area contributed by atoms with E-state index in [1.807, 2.05) is 0 Å². The van der Waals surface area contributed by atoms with Crippen LogP contribution in [0.25, 0.3) is 0 Å². The van der Waals surface area contributed by atoms with Crippen molar-refractivity contribution in [3.63, 3.8) is 0 Å². The van der Waals surface area contributed by atoms with Crippen molar-refractivity contribution < 1.29 is 9.32 Å². The third kappa shape index (κ3) is 7.44. The van der Waals surface area contributed by atoms with Crippen LogP contribution in [0.3, 0.4) is 0 Å². The Hall–Kier alpha value is -0.100. The summed E-state index contributed by atoms with van der Waals surface area (Å²) in [4.78, 5) is 12.0. The molecule has 0 radical (unpaired) electrons. The molecule has 0 aromatic carbocycles. The van der Waals surface area contributed by atoms with Crippen LogP contribution in [0.2, 0.25) is 0 Å². The van der Waals surface area contributed by atoms with Crippen LogP contribution in [-0.4, -0.2) is 30.6 Å². The van der Waals surface area contributed by atoms with Gasteiger partial charge >= 0.3 is 139 Å². The fourth-order valence-corrected chi connectivity index (χ4v) is 10.5. The van der Waals surface area contributed by atoms with Crippen molar-refractivity contribution in [1.29, 1.82) is 0 Å². The Morgan fingerprint density at radius 3 is 1.36 bits per heavy atom. The number of unbranched alkanes of at least 4 members (excludes halogenated alkanes) is 5. The summed E-state index contributed by atoms with van der Waals surface area (Å²) in [5, 5.41) is 0. The molecule has 22 heavy (non-hydrogen) atoms. The molecule has 0 N–H and O–H groups in total. The van der Waals surface area contributed by atoms with Crippen LogP contribution in [0, 0.1) is 0 Å². The van der Waals surface area contributed by atoms with Gasteiger partial charge in [0, 0.05) is 0 Å². The molecule has 134 valence electrons. The van der Waals surface area contributed by atoms with Gasteiger partial charge in [0.1, 0.15) is 0 Å². The van der Waals surface area contributed by atoms with Crippen LogP contribution < -0.4 is 0 Å². The average Bonchev–Trinajstić information content (AvgIpc) is 2.49. The molecule has 0 aliphatic heterocycles. The van der Waals surface area contributed by atoms with E-state index in [4.69, 9.17) is 4.52 Å². The van der Waals surface area contributed by atoms with Crippen LogP contribution in [-0.2, 0) is 9.32 Å². The molecule has 0 aliphatic rings. The van der Waals surface area contributed by atoms with Crippen molar-refractivity contribution in [2.45, 2.75) is 92.4 Å². The Bertz CT molecular complexity index is 277. The molecule has 0 rings (SSSR count). The summed E-state index contributed by atoms with van der Waals surface area (Å²) in [6, 6.07) is 0. The first-order valence-corrected chi connectivity index (χ1v) is 12.6. The van der Waals surface area contributed by atoms with Gasteiger partial charge in [-0.25, -0.2) is 0 Å². The fraction of sp³-hybridized carbons (Fsp3) is 0.947. The van der Waals surface area contributed by atoms with E-state index in [1.165, 1.54) is 82.4 Å². The number of carbonyl (C=O) groups excluding carboxylic acids is 1. The van der Waals surface area contributed by atoms with Crippen molar-refractivity contribution in [2.75, 3.05) is 24.6 Å². The zero-order valence-electron chi connectivity index (χ0n) is 16.0. The normalized spacial score (nSPS) is 13.6. The first-order valence-electron chi connectivity index (χ1n) is 9.68. The molecule has 0 amide bonds. The van der Waals surface area contributed by atoms with E-state index in [9.17, 15) is 4.79 Å². The van der Waals surface area contributed by atoms with E-state index >= 15 is 0 Å². The second-order valence-electron chi connectivity index (χ2n) is 7.10. The summed E-state index contributed by atoms with van der Waals surface area (Å²) >= 11 is 0. The van der Waals surface area contributed by atoms with Gasteiger partial charge in [0.2, 0.25) is 0 Å². The Morgan fingerprint density at radius 2 is 1.05 bits per heavy atom. The van der Waals surface area contributed by atoms with Gasteiger partial charge in [-0.3, -0.25) is 0 Å². The number of carbonyl (C=O) groups is 1. The first kappa shape index (κ1) is 21.9. The monoisotopic (exact) mass is 332 g/mol. The summed E-state index contributed by atoms with van der Waals surface area (Å²) < 4.78 is 6.37. The van der Waals surface area contributed by atoms with Crippen LogP contribution in [0.5, 0.6) is 0 Å². The molecule has 0 fully saturated rings. The van der Waals surface area contributed by atoms with Gasteiger partial charge in [0.05, 0.1) is 0 Å². The van der Waals surface area contributed by atoms with Crippen molar-refractivity contribution in [2.24, 2.45) is 0 Å². The maximum atomic E-state index is 12.0. The second-order valence-corrected chi connectivity index (χ2v) is 12.8. The van der Waals surface area contributed by atoms with Gasteiger partial charge in [-0.05, 0) is 0 Å².